The van der Waals surface area contributed by atoms with Gasteiger partial charge in [0.25, 0.3) is 5.56 Å². The van der Waals surface area contributed by atoms with Crippen molar-refractivity contribution in [2.75, 3.05) is 11.6 Å². The van der Waals surface area contributed by atoms with Crippen molar-refractivity contribution in [1.29, 1.82) is 0 Å². The van der Waals surface area contributed by atoms with Gasteiger partial charge in [0.1, 0.15) is 19.2 Å². The van der Waals surface area contributed by atoms with Crippen LogP contribution < -0.4 is 19.8 Å². The molecule has 2 aromatic heterocycles. The highest BCUT2D eigenvalue weighted by Gasteiger charge is 2.16. The third-order valence-electron chi connectivity index (χ3n) is 3.75. The smallest absolute Gasteiger partial charge is 0.271 e. The Hall–Kier alpha value is -2.80. The molecule has 0 spiro atoms. The number of nitrogens with zero attached hydrogens (tertiary/aromatic N) is 4. The normalized spacial score (nSPS) is 14.4. The maximum atomic E-state index is 13.4. The minimum absolute atomic E-state index is 0.0864. The summed E-state index contributed by atoms with van der Waals surface area (Å²) in [5, 5.41) is 0. The van der Waals surface area contributed by atoms with E-state index in [1.165, 1.54) is 23.5 Å². The van der Waals surface area contributed by atoms with Gasteiger partial charge in [-0.3, -0.25) is 14.3 Å². The van der Waals surface area contributed by atoms with Crippen LogP contribution in [0.1, 0.15) is 5.56 Å². The van der Waals surface area contributed by atoms with Crippen LogP contribution in [0.4, 0.5) is 10.1 Å². The molecule has 120 valence electrons. The van der Waals surface area contributed by atoms with Gasteiger partial charge in [-0.25, -0.2) is 9.38 Å². The zero-order valence-corrected chi connectivity index (χ0v) is 13.4. The Kier molecular flexibility index (Phi) is 3.70. The number of halogens is 1. The van der Waals surface area contributed by atoms with Gasteiger partial charge in [0.15, 0.2) is 4.80 Å². The van der Waals surface area contributed by atoms with Crippen LogP contribution in [0.15, 0.2) is 58.6 Å². The Morgan fingerprint density at radius 3 is 2.83 bits per heavy atom. The van der Waals surface area contributed by atoms with Crippen molar-refractivity contribution < 1.29 is 4.39 Å². The first kappa shape index (κ1) is 14.8. The zero-order valence-electron chi connectivity index (χ0n) is 12.6. The molecule has 0 radical (unpaired) electrons. The summed E-state index contributed by atoms with van der Waals surface area (Å²) in [6.45, 7) is 0.764. The Balaban J connectivity index is 1.73. The van der Waals surface area contributed by atoms with Gasteiger partial charge in [0, 0.05) is 18.1 Å². The quantitative estimate of drug-likeness (QED) is 0.707. The molecule has 1 aliphatic rings. The molecule has 0 unspecified atom stereocenters. The lowest BCUT2D eigenvalue weighted by Crippen LogP contribution is -2.42. The van der Waals surface area contributed by atoms with Gasteiger partial charge in [0.2, 0.25) is 0 Å². The standard InChI is InChI=1S/C17H13FN4OS/c18-13-2-1-3-14(9-13)21-10-20-17-22(11-21)16(23)15(24-17)8-12-4-6-19-7-5-12/h1-9H,10-11H2/b15-8-. The lowest BCUT2D eigenvalue weighted by atomic mass is 10.2. The molecule has 0 amide bonds. The fourth-order valence-electron chi connectivity index (χ4n) is 2.56. The van der Waals surface area contributed by atoms with Gasteiger partial charge in [-0.05, 0) is 42.0 Å². The number of pyridine rings is 1. The van der Waals surface area contributed by atoms with E-state index in [9.17, 15) is 9.18 Å². The number of rotatable bonds is 2. The van der Waals surface area contributed by atoms with E-state index in [2.05, 4.69) is 9.98 Å². The van der Waals surface area contributed by atoms with E-state index in [1.807, 2.05) is 29.2 Å². The van der Waals surface area contributed by atoms with Crippen molar-refractivity contribution in [2.45, 2.75) is 6.67 Å². The lowest BCUT2D eigenvalue weighted by Gasteiger charge is -2.25. The fraction of sp³-hybridized carbons (Fsp3) is 0.118. The highest BCUT2D eigenvalue weighted by Crippen LogP contribution is 2.16. The molecule has 0 bridgehead atoms. The molecule has 0 atom stereocenters. The predicted molar refractivity (Wildman–Crippen MR) is 90.9 cm³/mol. The van der Waals surface area contributed by atoms with E-state index >= 15 is 0 Å². The van der Waals surface area contributed by atoms with Crippen molar-refractivity contribution >= 4 is 23.1 Å². The maximum absolute atomic E-state index is 13.4. The predicted octanol–water partition coefficient (Wildman–Crippen LogP) is 1.33. The maximum Gasteiger partial charge on any atom is 0.271 e. The first-order valence-corrected chi connectivity index (χ1v) is 8.19. The van der Waals surface area contributed by atoms with Crippen LogP contribution in [0.2, 0.25) is 0 Å². The van der Waals surface area contributed by atoms with Crippen LogP contribution in [0.3, 0.4) is 0 Å². The number of anilines is 1. The Morgan fingerprint density at radius 2 is 2.04 bits per heavy atom. The molecule has 5 nitrogen and oxygen atoms in total. The van der Waals surface area contributed by atoms with Gasteiger partial charge in [-0.2, -0.15) is 0 Å². The molecule has 3 heterocycles. The van der Waals surface area contributed by atoms with Gasteiger partial charge >= 0.3 is 0 Å². The summed E-state index contributed by atoms with van der Waals surface area (Å²) in [7, 11) is 0. The Labute approximate surface area is 140 Å². The second-order valence-electron chi connectivity index (χ2n) is 5.37. The number of hydrogen-bond acceptors (Lipinski definition) is 5. The van der Waals surface area contributed by atoms with Crippen LogP contribution in [0.25, 0.3) is 6.08 Å². The van der Waals surface area contributed by atoms with Crippen LogP contribution in [0, 0.1) is 5.82 Å². The van der Waals surface area contributed by atoms with Crippen LogP contribution in [-0.4, -0.2) is 16.2 Å². The summed E-state index contributed by atoms with van der Waals surface area (Å²) in [5.74, 6) is -0.303. The fourth-order valence-corrected chi connectivity index (χ4v) is 3.52. The third-order valence-corrected chi connectivity index (χ3v) is 4.80. The molecule has 0 aliphatic carbocycles. The molecular formula is C17H13FN4OS. The van der Waals surface area contributed by atoms with Gasteiger partial charge < -0.3 is 4.90 Å². The van der Waals surface area contributed by atoms with E-state index in [0.29, 0.717) is 28.4 Å². The summed E-state index contributed by atoms with van der Waals surface area (Å²) in [5.41, 5.74) is 1.54. The van der Waals surface area contributed by atoms with E-state index in [1.54, 1.807) is 23.0 Å². The van der Waals surface area contributed by atoms with Crippen LogP contribution >= 0.6 is 11.3 Å². The summed E-state index contributed by atoms with van der Waals surface area (Å²) >= 11 is 1.36. The minimum atomic E-state index is -0.303. The average molecular weight is 340 g/mol. The first-order chi connectivity index (χ1) is 11.7. The van der Waals surface area contributed by atoms with E-state index in [0.717, 1.165) is 5.56 Å². The highest BCUT2D eigenvalue weighted by molar-refractivity contribution is 7.07. The number of aromatic nitrogens is 2. The summed E-state index contributed by atoms with van der Waals surface area (Å²) in [4.78, 5) is 23.6. The summed E-state index contributed by atoms with van der Waals surface area (Å²) < 4.78 is 15.7. The molecule has 3 aromatic rings. The van der Waals surface area contributed by atoms with Gasteiger partial charge in [-0.1, -0.05) is 17.4 Å². The number of hydrogen-bond donors (Lipinski definition) is 0. The van der Waals surface area contributed by atoms with Crippen molar-refractivity contribution in [2.24, 2.45) is 4.99 Å². The molecule has 0 saturated carbocycles. The SMILES string of the molecule is O=c1/c(=C/c2ccncc2)sc2n1CN(c1cccc(F)c1)CN=2. The second-order valence-corrected chi connectivity index (χ2v) is 6.38. The average Bonchev–Trinajstić information content (AvgIpc) is 2.91. The first-order valence-electron chi connectivity index (χ1n) is 7.37. The number of fused-ring (bicyclic) bond motifs is 1. The molecular weight excluding hydrogens is 327 g/mol. The van der Waals surface area contributed by atoms with Gasteiger partial charge in [0.05, 0.1) is 4.53 Å². The summed E-state index contributed by atoms with van der Waals surface area (Å²) in [6.07, 6.45) is 5.21. The Bertz CT molecular complexity index is 1060. The van der Waals surface area contributed by atoms with Crippen molar-refractivity contribution in [1.82, 2.24) is 9.55 Å². The summed E-state index contributed by atoms with van der Waals surface area (Å²) in [6, 6.07) is 10.00. The van der Waals surface area contributed by atoms with E-state index in [4.69, 9.17) is 0 Å². The molecule has 0 fully saturated rings. The minimum Gasteiger partial charge on any atom is -0.333 e. The van der Waals surface area contributed by atoms with Crippen LogP contribution in [-0.2, 0) is 6.67 Å². The van der Waals surface area contributed by atoms with Crippen LogP contribution in [0.5, 0.6) is 0 Å². The van der Waals surface area contributed by atoms with Crippen molar-refractivity contribution in [3.8, 4) is 0 Å². The molecule has 4 rings (SSSR count). The number of thiazole rings is 1. The largest absolute Gasteiger partial charge is 0.333 e. The second kappa shape index (κ2) is 6.01. The number of benzene rings is 1. The van der Waals surface area contributed by atoms with E-state index < -0.39 is 0 Å². The molecule has 7 heteroatoms. The lowest BCUT2D eigenvalue weighted by molar-refractivity contribution is 0.565. The molecule has 0 N–H and O–H groups in total. The monoisotopic (exact) mass is 340 g/mol. The molecule has 0 saturated heterocycles. The van der Waals surface area contributed by atoms with Gasteiger partial charge in [-0.15, -0.1) is 0 Å². The van der Waals surface area contributed by atoms with E-state index in [-0.39, 0.29) is 11.4 Å². The molecule has 24 heavy (non-hydrogen) atoms. The van der Waals surface area contributed by atoms with Crippen molar-refractivity contribution in [3.63, 3.8) is 0 Å². The topological polar surface area (TPSA) is 50.5 Å². The highest BCUT2D eigenvalue weighted by atomic mass is 32.1. The molecule has 1 aromatic carbocycles. The Morgan fingerprint density at radius 1 is 1.21 bits per heavy atom. The third kappa shape index (κ3) is 2.74. The zero-order chi connectivity index (χ0) is 16.5. The van der Waals surface area contributed by atoms with Crippen molar-refractivity contribution in [3.05, 3.63) is 79.9 Å². The molecule has 1 aliphatic heterocycles.